The Morgan fingerprint density at radius 1 is 1.09 bits per heavy atom. The van der Waals surface area contributed by atoms with E-state index in [-0.39, 0.29) is 22.6 Å². The van der Waals surface area contributed by atoms with Crippen LogP contribution in [-0.2, 0) is 19.4 Å². The molecule has 2 amide bonds. The van der Waals surface area contributed by atoms with Crippen molar-refractivity contribution in [2.75, 3.05) is 19.6 Å². The number of piperidine rings is 1. The van der Waals surface area contributed by atoms with Crippen molar-refractivity contribution in [2.24, 2.45) is 5.92 Å². The molecule has 1 saturated carbocycles. The summed E-state index contributed by atoms with van der Waals surface area (Å²) in [5.41, 5.74) is 1.56. The molecule has 2 fully saturated rings. The van der Waals surface area contributed by atoms with Gasteiger partial charge in [-0.15, -0.1) is 0 Å². The maximum absolute atomic E-state index is 13.8. The number of sulfone groups is 1. The first kappa shape index (κ1) is 24.7. The molecule has 1 saturated heterocycles. The van der Waals surface area contributed by atoms with Gasteiger partial charge in [0.25, 0.3) is 0 Å². The largest absolute Gasteiger partial charge is 0.356 e. The first-order valence-corrected chi connectivity index (χ1v) is 13.6. The van der Waals surface area contributed by atoms with E-state index >= 15 is 0 Å². The molecule has 1 aromatic rings. The highest BCUT2D eigenvalue weighted by atomic mass is 32.2. The third kappa shape index (κ3) is 4.87. The van der Waals surface area contributed by atoms with Gasteiger partial charge in [0, 0.05) is 25.6 Å². The van der Waals surface area contributed by atoms with E-state index in [2.05, 4.69) is 12.2 Å². The minimum absolute atomic E-state index is 0.0618. The van der Waals surface area contributed by atoms with Crippen molar-refractivity contribution in [2.45, 2.75) is 88.2 Å². The number of rotatable bonds is 8. The van der Waals surface area contributed by atoms with Crippen LogP contribution in [0.1, 0.15) is 75.8 Å². The molecular weight excluding hydrogens is 424 g/mol. The summed E-state index contributed by atoms with van der Waals surface area (Å²) >= 11 is 0. The van der Waals surface area contributed by atoms with Crippen LogP contribution in [0, 0.1) is 19.8 Å². The molecule has 0 atom stereocenters. The van der Waals surface area contributed by atoms with Gasteiger partial charge in [-0.05, 0) is 63.1 Å². The molecule has 1 aromatic carbocycles. The number of hydrogen-bond donors (Lipinski definition) is 1. The van der Waals surface area contributed by atoms with E-state index in [9.17, 15) is 18.0 Å². The fourth-order valence-corrected chi connectivity index (χ4v) is 7.55. The first-order valence-electron chi connectivity index (χ1n) is 12.1. The second-order valence-electron chi connectivity index (χ2n) is 9.54. The Hall–Kier alpha value is -1.89. The second-order valence-corrected chi connectivity index (χ2v) is 11.8. The molecular formula is C25H38N2O4S. The minimum atomic E-state index is -3.82. The Kier molecular flexibility index (Phi) is 8.01. The second kappa shape index (κ2) is 10.4. The lowest BCUT2D eigenvalue weighted by Crippen LogP contribution is -2.55. The number of nitrogens with one attached hydrogen (secondary N) is 1. The lowest BCUT2D eigenvalue weighted by atomic mass is 9.94. The van der Waals surface area contributed by atoms with Crippen LogP contribution in [0.4, 0.5) is 0 Å². The molecule has 0 radical (unpaired) electrons. The third-order valence-corrected chi connectivity index (χ3v) is 9.81. The van der Waals surface area contributed by atoms with Gasteiger partial charge >= 0.3 is 0 Å². The SMILES string of the molecule is CCCCCNC(=O)C1CCN(C(=O)C2(S(=O)(=O)c3cc(C)ccc3C)CCCC2)CC1. The summed E-state index contributed by atoms with van der Waals surface area (Å²) in [5, 5.41) is 3.01. The van der Waals surface area contributed by atoms with E-state index in [1.165, 1.54) is 0 Å². The van der Waals surface area contributed by atoms with Crippen LogP contribution in [0.5, 0.6) is 0 Å². The number of carbonyl (C=O) groups is 2. The Bertz CT molecular complexity index is 927. The number of benzene rings is 1. The summed E-state index contributed by atoms with van der Waals surface area (Å²) in [6.45, 7) is 7.38. The van der Waals surface area contributed by atoms with E-state index in [4.69, 9.17) is 0 Å². The highest BCUT2D eigenvalue weighted by molar-refractivity contribution is 7.93. The van der Waals surface area contributed by atoms with Crippen LogP contribution in [0.2, 0.25) is 0 Å². The molecule has 0 unspecified atom stereocenters. The molecule has 1 aliphatic heterocycles. The first-order chi connectivity index (χ1) is 15.2. The van der Waals surface area contributed by atoms with Gasteiger partial charge in [0.15, 0.2) is 14.6 Å². The van der Waals surface area contributed by atoms with E-state index in [0.717, 1.165) is 37.7 Å². The zero-order valence-corrected chi connectivity index (χ0v) is 20.6. The number of likely N-dealkylation sites (tertiary alicyclic amines) is 1. The molecule has 3 rings (SSSR count). The van der Waals surface area contributed by atoms with Gasteiger partial charge < -0.3 is 10.2 Å². The van der Waals surface area contributed by atoms with Crippen LogP contribution in [0.15, 0.2) is 23.1 Å². The van der Waals surface area contributed by atoms with Crippen molar-refractivity contribution in [1.82, 2.24) is 10.2 Å². The monoisotopic (exact) mass is 462 g/mol. The molecule has 7 heteroatoms. The Balaban J connectivity index is 1.73. The maximum Gasteiger partial charge on any atom is 0.244 e. The predicted molar refractivity (Wildman–Crippen MR) is 126 cm³/mol. The van der Waals surface area contributed by atoms with E-state index < -0.39 is 14.6 Å². The van der Waals surface area contributed by atoms with Gasteiger partial charge in [0.1, 0.15) is 0 Å². The molecule has 0 aromatic heterocycles. The predicted octanol–water partition coefficient (Wildman–Crippen LogP) is 3.93. The third-order valence-electron chi connectivity index (χ3n) is 7.18. The zero-order valence-electron chi connectivity index (χ0n) is 19.8. The van der Waals surface area contributed by atoms with Gasteiger partial charge in [0.2, 0.25) is 11.8 Å². The van der Waals surface area contributed by atoms with Crippen molar-refractivity contribution in [1.29, 1.82) is 0 Å². The molecule has 32 heavy (non-hydrogen) atoms. The summed E-state index contributed by atoms with van der Waals surface area (Å²) in [4.78, 5) is 28.2. The minimum Gasteiger partial charge on any atom is -0.356 e. The van der Waals surface area contributed by atoms with E-state index in [0.29, 0.717) is 50.9 Å². The number of amides is 2. The smallest absolute Gasteiger partial charge is 0.244 e. The molecule has 178 valence electrons. The summed E-state index contributed by atoms with van der Waals surface area (Å²) in [6, 6.07) is 5.42. The van der Waals surface area contributed by atoms with Crippen molar-refractivity contribution < 1.29 is 18.0 Å². The lowest BCUT2D eigenvalue weighted by molar-refractivity contribution is -0.137. The van der Waals surface area contributed by atoms with Crippen LogP contribution in [0.25, 0.3) is 0 Å². The number of carbonyl (C=O) groups excluding carboxylic acids is 2. The molecule has 1 N–H and O–H groups in total. The highest BCUT2D eigenvalue weighted by Gasteiger charge is 2.55. The Morgan fingerprint density at radius 3 is 2.38 bits per heavy atom. The maximum atomic E-state index is 13.8. The fourth-order valence-electron chi connectivity index (χ4n) is 5.11. The molecule has 0 spiro atoms. The Labute approximate surface area is 193 Å². The molecule has 1 heterocycles. The van der Waals surface area contributed by atoms with Gasteiger partial charge in [-0.2, -0.15) is 0 Å². The van der Waals surface area contributed by atoms with Crippen molar-refractivity contribution >= 4 is 21.7 Å². The molecule has 0 bridgehead atoms. The zero-order chi connectivity index (χ0) is 23.4. The van der Waals surface area contributed by atoms with Gasteiger partial charge in [0.05, 0.1) is 4.90 Å². The normalized spacial score (nSPS) is 19.2. The quantitative estimate of drug-likeness (QED) is 0.593. The summed E-state index contributed by atoms with van der Waals surface area (Å²) in [5.74, 6) is -0.305. The van der Waals surface area contributed by atoms with Crippen molar-refractivity contribution in [3.8, 4) is 0 Å². The number of unbranched alkanes of at least 4 members (excludes halogenated alkanes) is 2. The van der Waals surface area contributed by atoms with Crippen LogP contribution in [-0.4, -0.2) is 49.5 Å². The fraction of sp³-hybridized carbons (Fsp3) is 0.680. The highest BCUT2D eigenvalue weighted by Crippen LogP contribution is 2.43. The topological polar surface area (TPSA) is 83.6 Å². The average Bonchev–Trinajstić information content (AvgIpc) is 3.29. The van der Waals surface area contributed by atoms with Gasteiger partial charge in [-0.1, -0.05) is 44.7 Å². The van der Waals surface area contributed by atoms with Crippen molar-refractivity contribution in [3.63, 3.8) is 0 Å². The number of nitrogens with zero attached hydrogens (tertiary/aromatic N) is 1. The molecule has 6 nitrogen and oxygen atoms in total. The number of aryl methyl sites for hydroxylation is 2. The number of hydrogen-bond acceptors (Lipinski definition) is 4. The van der Waals surface area contributed by atoms with Crippen LogP contribution >= 0.6 is 0 Å². The van der Waals surface area contributed by atoms with E-state index in [1.54, 1.807) is 17.9 Å². The average molecular weight is 463 g/mol. The molecule has 2 aliphatic rings. The summed E-state index contributed by atoms with van der Waals surface area (Å²) < 4.78 is 26.3. The standard InChI is InChI=1S/C25H38N2O4S/c1-4-5-8-15-26-23(28)21-11-16-27(17-12-21)24(29)25(13-6-7-14-25)32(30,31)22-18-19(2)9-10-20(22)3/h9-10,18,21H,4-8,11-17H2,1-3H3,(H,26,28). The lowest BCUT2D eigenvalue weighted by Gasteiger charge is -2.38. The van der Waals surface area contributed by atoms with E-state index in [1.807, 2.05) is 19.1 Å². The Morgan fingerprint density at radius 2 is 1.75 bits per heavy atom. The van der Waals surface area contributed by atoms with Crippen LogP contribution < -0.4 is 5.32 Å². The summed E-state index contributed by atoms with van der Waals surface area (Å²) in [7, 11) is -3.82. The molecule has 1 aliphatic carbocycles. The van der Waals surface area contributed by atoms with Crippen LogP contribution in [0.3, 0.4) is 0 Å². The van der Waals surface area contributed by atoms with Gasteiger partial charge in [-0.3, -0.25) is 9.59 Å². The van der Waals surface area contributed by atoms with Crippen molar-refractivity contribution in [3.05, 3.63) is 29.3 Å². The summed E-state index contributed by atoms with van der Waals surface area (Å²) in [6.07, 6.45) is 6.61. The van der Waals surface area contributed by atoms with Gasteiger partial charge in [-0.25, -0.2) is 8.42 Å².